The van der Waals surface area contributed by atoms with Crippen molar-refractivity contribution >= 4 is 5.91 Å². The Morgan fingerprint density at radius 1 is 0.968 bits per heavy atom. The van der Waals surface area contributed by atoms with Crippen molar-refractivity contribution in [3.8, 4) is 0 Å². The third-order valence-electron chi connectivity index (χ3n) is 6.03. The first-order chi connectivity index (χ1) is 14.8. The molecule has 31 heavy (non-hydrogen) atoms. The van der Waals surface area contributed by atoms with Crippen LogP contribution in [0.2, 0.25) is 0 Å². The highest BCUT2D eigenvalue weighted by Gasteiger charge is 2.26. The molecule has 3 heteroatoms. The van der Waals surface area contributed by atoms with Gasteiger partial charge in [0.1, 0.15) is 0 Å². The molecular formula is C28H47NO2. The van der Waals surface area contributed by atoms with E-state index in [1.54, 1.807) is 0 Å². The maximum absolute atomic E-state index is 12.8. The molecule has 2 atom stereocenters. The van der Waals surface area contributed by atoms with Crippen molar-refractivity contribution in [1.29, 1.82) is 0 Å². The van der Waals surface area contributed by atoms with E-state index in [-0.39, 0.29) is 17.2 Å². The van der Waals surface area contributed by atoms with Gasteiger partial charge >= 0.3 is 0 Å². The Labute approximate surface area is 191 Å². The molecule has 0 heterocycles. The molecular weight excluding hydrogens is 382 g/mol. The number of carbonyl (C=O) groups excluding carboxylic acids is 1. The van der Waals surface area contributed by atoms with E-state index in [2.05, 4.69) is 18.4 Å². The molecule has 1 aromatic carbocycles. The van der Waals surface area contributed by atoms with Gasteiger partial charge in [-0.3, -0.25) is 4.79 Å². The number of aliphatic hydroxyl groups excluding tert-OH is 1. The monoisotopic (exact) mass is 429 g/mol. The van der Waals surface area contributed by atoms with E-state index in [1.165, 1.54) is 25.7 Å². The van der Waals surface area contributed by atoms with Gasteiger partial charge in [0.05, 0.1) is 6.10 Å². The smallest absolute Gasteiger partial charge is 0.227 e. The second-order valence-electron chi connectivity index (χ2n) is 9.91. The molecule has 0 saturated heterocycles. The molecule has 1 aromatic rings. The van der Waals surface area contributed by atoms with Crippen molar-refractivity contribution in [3.63, 3.8) is 0 Å². The summed E-state index contributed by atoms with van der Waals surface area (Å²) in [5.41, 5.74) is 0.666. The number of aliphatic hydroxyl groups is 1. The fourth-order valence-corrected chi connectivity index (χ4v) is 4.03. The fourth-order valence-electron chi connectivity index (χ4n) is 4.03. The molecule has 0 saturated carbocycles. The highest BCUT2D eigenvalue weighted by molar-refractivity contribution is 5.81. The lowest BCUT2D eigenvalue weighted by Crippen LogP contribution is -2.40. The van der Waals surface area contributed by atoms with Crippen molar-refractivity contribution in [3.05, 3.63) is 48.6 Å². The van der Waals surface area contributed by atoms with Crippen molar-refractivity contribution in [1.82, 2.24) is 4.90 Å². The van der Waals surface area contributed by atoms with Crippen molar-refractivity contribution in [2.75, 3.05) is 13.1 Å². The van der Waals surface area contributed by atoms with E-state index >= 15 is 0 Å². The van der Waals surface area contributed by atoms with E-state index in [0.29, 0.717) is 0 Å². The molecule has 176 valence electrons. The molecule has 0 fully saturated rings. The van der Waals surface area contributed by atoms with Gasteiger partial charge in [-0.1, -0.05) is 109 Å². The van der Waals surface area contributed by atoms with Crippen LogP contribution in [0.5, 0.6) is 0 Å². The molecule has 1 rings (SSSR count). The summed E-state index contributed by atoms with van der Waals surface area (Å²) in [6, 6.07) is 9.87. The van der Waals surface area contributed by atoms with Gasteiger partial charge in [0.2, 0.25) is 5.91 Å². The molecule has 0 spiro atoms. The molecule has 1 N–H and O–H groups in total. The first-order valence-corrected chi connectivity index (χ1v) is 12.5. The molecule has 0 bridgehead atoms. The molecule has 0 aromatic heterocycles. The van der Waals surface area contributed by atoms with Gasteiger partial charge in [-0.25, -0.2) is 0 Å². The predicted octanol–water partition coefficient (Wildman–Crippen LogP) is 7.32. The molecule has 0 aliphatic rings. The molecule has 0 aliphatic carbocycles. The quantitative estimate of drug-likeness (QED) is 0.221. The summed E-state index contributed by atoms with van der Waals surface area (Å²) >= 11 is 0. The Balaban J connectivity index is 2.31. The first kappa shape index (κ1) is 27.4. The number of nitrogens with zero attached hydrogens (tertiary/aromatic N) is 1. The Bertz CT molecular complexity index is 605. The van der Waals surface area contributed by atoms with Crippen LogP contribution in [0.1, 0.15) is 104 Å². The number of rotatable bonds is 16. The molecule has 0 aliphatic heterocycles. The molecule has 3 nitrogen and oxygen atoms in total. The average Bonchev–Trinajstić information content (AvgIpc) is 2.76. The van der Waals surface area contributed by atoms with Crippen LogP contribution >= 0.6 is 0 Å². The average molecular weight is 430 g/mol. The normalized spacial score (nSPS) is 13.6. The number of benzene rings is 1. The minimum Gasteiger partial charge on any atom is -0.388 e. The Morgan fingerprint density at radius 2 is 1.52 bits per heavy atom. The van der Waals surface area contributed by atoms with Gasteiger partial charge in [-0.05, 0) is 24.8 Å². The summed E-state index contributed by atoms with van der Waals surface area (Å²) in [7, 11) is 0. The van der Waals surface area contributed by atoms with Gasteiger partial charge in [0, 0.05) is 24.4 Å². The lowest BCUT2D eigenvalue weighted by atomic mass is 9.91. The maximum Gasteiger partial charge on any atom is 0.227 e. The third-order valence-corrected chi connectivity index (χ3v) is 6.03. The highest BCUT2D eigenvalue weighted by atomic mass is 16.3. The number of hydrogen-bond donors (Lipinski definition) is 1. The molecule has 1 amide bonds. The van der Waals surface area contributed by atoms with Crippen molar-refractivity contribution in [2.45, 2.75) is 98.0 Å². The van der Waals surface area contributed by atoms with Crippen LogP contribution in [0, 0.1) is 11.3 Å². The van der Waals surface area contributed by atoms with Crippen LogP contribution in [0.3, 0.4) is 0 Å². The van der Waals surface area contributed by atoms with Crippen LogP contribution in [0.15, 0.2) is 43.0 Å². The van der Waals surface area contributed by atoms with Gasteiger partial charge in [0.25, 0.3) is 0 Å². The van der Waals surface area contributed by atoms with Gasteiger partial charge in [-0.2, -0.15) is 0 Å². The van der Waals surface area contributed by atoms with Crippen LogP contribution in [-0.4, -0.2) is 29.0 Å². The first-order valence-electron chi connectivity index (χ1n) is 12.5. The summed E-state index contributed by atoms with van der Waals surface area (Å²) < 4.78 is 0. The third kappa shape index (κ3) is 11.0. The van der Waals surface area contributed by atoms with Crippen LogP contribution in [0.25, 0.3) is 0 Å². The number of carbonyl (C=O) groups is 1. The Kier molecular flexibility index (Phi) is 13.5. The number of amides is 1. The predicted molar refractivity (Wildman–Crippen MR) is 133 cm³/mol. The second kappa shape index (κ2) is 15.2. The van der Waals surface area contributed by atoms with Crippen molar-refractivity contribution < 1.29 is 9.90 Å². The minimum atomic E-state index is -0.469. The lowest BCUT2D eigenvalue weighted by molar-refractivity contribution is -0.139. The maximum atomic E-state index is 12.8. The largest absolute Gasteiger partial charge is 0.388 e. The van der Waals surface area contributed by atoms with E-state index in [4.69, 9.17) is 0 Å². The van der Waals surface area contributed by atoms with Crippen molar-refractivity contribution in [2.24, 2.45) is 11.3 Å². The fraction of sp³-hybridized carbons (Fsp3) is 0.679. The zero-order valence-electron chi connectivity index (χ0n) is 20.6. The van der Waals surface area contributed by atoms with Crippen LogP contribution < -0.4 is 0 Å². The van der Waals surface area contributed by atoms with Gasteiger partial charge < -0.3 is 10.0 Å². The zero-order valence-corrected chi connectivity index (χ0v) is 20.6. The summed E-state index contributed by atoms with van der Waals surface area (Å²) in [6.45, 7) is 14.0. The summed E-state index contributed by atoms with van der Waals surface area (Å²) in [4.78, 5) is 14.9. The number of hydrogen-bond acceptors (Lipinski definition) is 2. The summed E-state index contributed by atoms with van der Waals surface area (Å²) in [6.07, 6.45) is 12.9. The van der Waals surface area contributed by atoms with Crippen LogP contribution in [0.4, 0.5) is 0 Å². The van der Waals surface area contributed by atoms with E-state index in [0.717, 1.165) is 57.2 Å². The van der Waals surface area contributed by atoms with E-state index in [9.17, 15) is 9.90 Å². The Morgan fingerprint density at radius 3 is 2.06 bits per heavy atom. The lowest BCUT2D eigenvalue weighted by Gasteiger charge is -2.29. The SMILES string of the molecule is C=CC(CCCCCCCN(CCCCCC)C(=O)C(C)(C)C)C(O)c1ccccc1. The van der Waals surface area contributed by atoms with E-state index in [1.807, 2.05) is 57.2 Å². The highest BCUT2D eigenvalue weighted by Crippen LogP contribution is 2.27. The second-order valence-corrected chi connectivity index (χ2v) is 9.91. The number of unbranched alkanes of at least 4 members (excludes halogenated alkanes) is 7. The topological polar surface area (TPSA) is 40.5 Å². The van der Waals surface area contributed by atoms with Crippen LogP contribution in [-0.2, 0) is 4.79 Å². The summed E-state index contributed by atoms with van der Waals surface area (Å²) in [5, 5.41) is 10.6. The molecule has 2 unspecified atom stereocenters. The van der Waals surface area contributed by atoms with E-state index < -0.39 is 6.10 Å². The standard InChI is InChI=1S/C28H47NO2/c1-6-8-9-17-22-29(27(31)28(3,4)5)23-18-12-10-11-14-19-24(7-2)26(30)25-20-15-13-16-21-25/h7,13,15-16,20-21,24,26,30H,2,6,8-12,14,17-19,22-23H2,1,3-5H3. The minimum absolute atomic E-state index is 0.102. The zero-order chi connectivity index (χ0) is 23.1. The summed E-state index contributed by atoms with van der Waals surface area (Å²) in [5.74, 6) is 0.387. The van der Waals surface area contributed by atoms with Gasteiger partial charge in [0.15, 0.2) is 0 Å². The Hall–Kier alpha value is -1.61. The molecule has 0 radical (unpaired) electrons. The van der Waals surface area contributed by atoms with Gasteiger partial charge in [-0.15, -0.1) is 6.58 Å².